The molecule has 1 aliphatic rings. The zero-order valence-corrected chi connectivity index (χ0v) is 10.5. The summed E-state index contributed by atoms with van der Waals surface area (Å²) in [5.41, 5.74) is 2.58. The van der Waals surface area contributed by atoms with Gasteiger partial charge in [0.05, 0.1) is 5.92 Å². The second kappa shape index (κ2) is 4.63. The third-order valence-corrected chi connectivity index (χ3v) is 3.67. The van der Waals surface area contributed by atoms with Crippen LogP contribution in [0.5, 0.6) is 0 Å². The molecule has 17 heavy (non-hydrogen) atoms. The van der Waals surface area contributed by atoms with E-state index in [0.29, 0.717) is 0 Å². The van der Waals surface area contributed by atoms with Crippen LogP contribution in [0.4, 0.5) is 0 Å². The smallest absolute Gasteiger partial charge is 0.0512 e. The molecule has 0 N–H and O–H groups in total. The first-order valence-electron chi connectivity index (χ1n) is 6.12. The molecule has 1 aromatic rings. The number of terminal acetylenes is 1. The first-order chi connectivity index (χ1) is 8.20. The van der Waals surface area contributed by atoms with Gasteiger partial charge in [0.25, 0.3) is 0 Å². The van der Waals surface area contributed by atoms with Gasteiger partial charge in [-0.1, -0.05) is 68.3 Å². The average molecular weight is 222 g/mol. The van der Waals surface area contributed by atoms with E-state index in [-0.39, 0.29) is 11.3 Å². The molecular formula is C17H18. The van der Waals surface area contributed by atoms with E-state index >= 15 is 0 Å². The molecule has 0 spiro atoms. The van der Waals surface area contributed by atoms with E-state index in [1.54, 1.807) is 0 Å². The molecule has 0 aromatic heterocycles. The van der Waals surface area contributed by atoms with Crippen molar-refractivity contribution in [1.82, 2.24) is 0 Å². The van der Waals surface area contributed by atoms with Crippen molar-refractivity contribution in [2.24, 2.45) is 5.92 Å². The summed E-state index contributed by atoms with van der Waals surface area (Å²) in [4.78, 5) is 0. The van der Waals surface area contributed by atoms with Gasteiger partial charge in [-0.15, -0.1) is 6.42 Å². The van der Waals surface area contributed by atoms with E-state index in [2.05, 4.69) is 62.3 Å². The molecule has 0 bridgehead atoms. The second-order valence-corrected chi connectivity index (χ2v) is 4.72. The fraction of sp³-hybridized carbons (Fsp3) is 0.294. The highest BCUT2D eigenvalue weighted by Gasteiger charge is 2.31. The number of rotatable bonds is 2. The van der Waals surface area contributed by atoms with Crippen LogP contribution in [0, 0.1) is 18.3 Å². The second-order valence-electron chi connectivity index (χ2n) is 4.72. The Morgan fingerprint density at radius 2 is 1.94 bits per heavy atom. The first kappa shape index (κ1) is 11.7. The SMILES string of the molecule is C#CC1C=CC=CC1(C)c1ccc(CC)cc1. The fourth-order valence-electron chi connectivity index (χ4n) is 2.34. The van der Waals surface area contributed by atoms with E-state index in [0.717, 1.165) is 6.42 Å². The highest BCUT2D eigenvalue weighted by Crippen LogP contribution is 2.36. The lowest BCUT2D eigenvalue weighted by Crippen LogP contribution is -2.29. The van der Waals surface area contributed by atoms with Crippen molar-refractivity contribution in [3.63, 3.8) is 0 Å². The van der Waals surface area contributed by atoms with Gasteiger partial charge in [-0.25, -0.2) is 0 Å². The Morgan fingerprint density at radius 1 is 1.24 bits per heavy atom. The van der Waals surface area contributed by atoms with Crippen molar-refractivity contribution < 1.29 is 0 Å². The Hall–Kier alpha value is -1.74. The Balaban J connectivity index is 2.40. The molecule has 0 heterocycles. The van der Waals surface area contributed by atoms with Gasteiger partial charge in [0.2, 0.25) is 0 Å². The summed E-state index contributed by atoms with van der Waals surface area (Å²) in [5.74, 6) is 3.02. The summed E-state index contributed by atoms with van der Waals surface area (Å²) in [7, 11) is 0. The monoisotopic (exact) mass is 222 g/mol. The molecule has 0 aliphatic heterocycles. The molecule has 0 saturated carbocycles. The van der Waals surface area contributed by atoms with Crippen LogP contribution < -0.4 is 0 Å². The normalized spacial score (nSPS) is 26.8. The fourth-order valence-corrected chi connectivity index (χ4v) is 2.34. The lowest BCUT2D eigenvalue weighted by atomic mass is 9.70. The minimum Gasteiger partial charge on any atom is -0.119 e. The number of aryl methyl sites for hydroxylation is 1. The predicted octanol–water partition coefficient (Wildman–Crippen LogP) is 3.88. The standard InChI is InChI=1S/C17H18/c1-4-14-9-11-16(12-10-14)17(3)13-7-6-8-15(17)5-2/h2,6-13,15H,4H2,1,3H3. The van der Waals surface area contributed by atoms with E-state index in [4.69, 9.17) is 6.42 Å². The van der Waals surface area contributed by atoms with Crippen LogP contribution in [0.2, 0.25) is 0 Å². The van der Waals surface area contributed by atoms with Crippen LogP contribution >= 0.6 is 0 Å². The third-order valence-electron chi connectivity index (χ3n) is 3.67. The number of allylic oxidation sites excluding steroid dienone is 4. The van der Waals surface area contributed by atoms with Crippen molar-refractivity contribution in [2.45, 2.75) is 25.7 Å². The topological polar surface area (TPSA) is 0 Å². The Morgan fingerprint density at radius 3 is 2.53 bits per heavy atom. The van der Waals surface area contributed by atoms with Gasteiger partial charge < -0.3 is 0 Å². The molecule has 2 unspecified atom stereocenters. The summed E-state index contributed by atoms with van der Waals surface area (Å²) in [6.45, 7) is 4.38. The highest BCUT2D eigenvalue weighted by atomic mass is 14.3. The van der Waals surface area contributed by atoms with E-state index in [1.807, 2.05) is 6.08 Å². The molecule has 1 aliphatic carbocycles. The third kappa shape index (κ3) is 2.06. The largest absolute Gasteiger partial charge is 0.119 e. The summed E-state index contributed by atoms with van der Waals surface area (Å²) >= 11 is 0. The lowest BCUT2D eigenvalue weighted by molar-refractivity contribution is 0.512. The zero-order valence-electron chi connectivity index (χ0n) is 10.5. The summed E-state index contributed by atoms with van der Waals surface area (Å²) in [6.07, 6.45) is 15.1. The van der Waals surface area contributed by atoms with Crippen LogP contribution in [0.25, 0.3) is 0 Å². The number of hydrogen-bond donors (Lipinski definition) is 0. The minimum absolute atomic E-state index is 0.0736. The molecular weight excluding hydrogens is 204 g/mol. The van der Waals surface area contributed by atoms with E-state index < -0.39 is 0 Å². The van der Waals surface area contributed by atoms with Gasteiger partial charge in [-0.2, -0.15) is 0 Å². The van der Waals surface area contributed by atoms with Gasteiger partial charge in [0, 0.05) is 5.41 Å². The van der Waals surface area contributed by atoms with E-state index in [1.165, 1.54) is 11.1 Å². The summed E-state index contributed by atoms with van der Waals surface area (Å²) < 4.78 is 0. The van der Waals surface area contributed by atoms with Crippen LogP contribution in [0.3, 0.4) is 0 Å². The quantitative estimate of drug-likeness (QED) is 0.666. The Kier molecular flexibility index (Phi) is 3.20. The van der Waals surface area contributed by atoms with E-state index in [9.17, 15) is 0 Å². The number of hydrogen-bond acceptors (Lipinski definition) is 0. The van der Waals surface area contributed by atoms with Crippen LogP contribution in [-0.2, 0) is 11.8 Å². The van der Waals surface area contributed by atoms with Crippen molar-refractivity contribution in [2.75, 3.05) is 0 Å². The molecule has 1 aromatic carbocycles. The molecule has 0 heteroatoms. The highest BCUT2D eigenvalue weighted by molar-refractivity contribution is 5.41. The Bertz CT molecular complexity index is 482. The van der Waals surface area contributed by atoms with Gasteiger partial charge in [0.1, 0.15) is 0 Å². The average Bonchev–Trinajstić information content (AvgIpc) is 2.39. The van der Waals surface area contributed by atoms with Gasteiger partial charge >= 0.3 is 0 Å². The van der Waals surface area contributed by atoms with Gasteiger partial charge in [-0.3, -0.25) is 0 Å². The van der Waals surface area contributed by atoms with Crippen molar-refractivity contribution in [1.29, 1.82) is 0 Å². The predicted molar refractivity (Wildman–Crippen MR) is 73.8 cm³/mol. The molecule has 2 rings (SSSR count). The van der Waals surface area contributed by atoms with Crippen molar-refractivity contribution in [3.05, 3.63) is 59.7 Å². The molecule has 0 amide bonds. The van der Waals surface area contributed by atoms with Gasteiger partial charge in [-0.05, 0) is 17.5 Å². The molecule has 0 saturated heterocycles. The molecule has 0 radical (unpaired) electrons. The maximum Gasteiger partial charge on any atom is 0.0512 e. The minimum atomic E-state index is -0.0736. The van der Waals surface area contributed by atoms with Crippen LogP contribution in [-0.4, -0.2) is 0 Å². The summed E-state index contributed by atoms with van der Waals surface area (Å²) in [6, 6.07) is 8.79. The Labute approximate surface area is 104 Å². The van der Waals surface area contributed by atoms with Crippen molar-refractivity contribution >= 4 is 0 Å². The number of benzene rings is 1. The maximum absolute atomic E-state index is 5.64. The summed E-state index contributed by atoms with van der Waals surface area (Å²) in [5, 5.41) is 0. The molecule has 86 valence electrons. The molecule has 0 nitrogen and oxygen atoms in total. The van der Waals surface area contributed by atoms with Crippen LogP contribution in [0.1, 0.15) is 25.0 Å². The molecule has 2 atom stereocenters. The molecule has 0 fully saturated rings. The van der Waals surface area contributed by atoms with Crippen LogP contribution in [0.15, 0.2) is 48.6 Å². The van der Waals surface area contributed by atoms with Crippen molar-refractivity contribution in [3.8, 4) is 12.3 Å². The zero-order chi connectivity index (χ0) is 12.3. The lowest BCUT2D eigenvalue weighted by Gasteiger charge is -2.32. The van der Waals surface area contributed by atoms with Gasteiger partial charge in [0.15, 0.2) is 0 Å². The first-order valence-corrected chi connectivity index (χ1v) is 6.12. The maximum atomic E-state index is 5.64.